The highest BCUT2D eigenvalue weighted by atomic mass is 16.6. The Balaban J connectivity index is 2.49. The van der Waals surface area contributed by atoms with Gasteiger partial charge in [-0.05, 0) is 53.2 Å². The molecule has 0 atom stereocenters. The number of nitrogens with one attached hydrogen (secondary N) is 1. The van der Waals surface area contributed by atoms with E-state index in [9.17, 15) is 9.59 Å². The summed E-state index contributed by atoms with van der Waals surface area (Å²) in [4.78, 5) is 30.5. The molecule has 0 radical (unpaired) electrons. The monoisotopic (exact) mass is 333 g/mol. The predicted molar refractivity (Wildman–Crippen MR) is 96.1 cm³/mol. The van der Waals surface area contributed by atoms with Crippen molar-refractivity contribution < 1.29 is 14.4 Å². The number of anilines is 1. The number of nitrogens with zero attached hydrogens (tertiary/aromatic N) is 2. The topological polar surface area (TPSA) is 71.0 Å². The molecule has 0 fully saturated rings. The van der Waals surface area contributed by atoms with E-state index in [0.29, 0.717) is 0 Å². The summed E-state index contributed by atoms with van der Waals surface area (Å²) in [7, 11) is 0. The molecule has 0 unspecified atom stereocenters. The lowest BCUT2D eigenvalue weighted by molar-refractivity contribution is -0.139. The molecule has 0 saturated heterocycles. The van der Waals surface area contributed by atoms with Crippen LogP contribution < -0.4 is 5.32 Å². The molecule has 1 aromatic carbocycles. The first-order chi connectivity index (χ1) is 11.2. The van der Waals surface area contributed by atoms with Gasteiger partial charge in [0.15, 0.2) is 6.61 Å². The van der Waals surface area contributed by atoms with Crippen LogP contribution in [0.5, 0.6) is 0 Å². The van der Waals surface area contributed by atoms with Gasteiger partial charge in [-0.2, -0.15) is 0 Å². The van der Waals surface area contributed by atoms with Crippen LogP contribution in [0.15, 0.2) is 23.4 Å². The first-order valence-electron chi connectivity index (χ1n) is 8.07. The Kier molecular flexibility index (Phi) is 7.42. The molecular formula is C18H27N3O3. The maximum absolute atomic E-state index is 12.1. The lowest BCUT2D eigenvalue weighted by atomic mass is 10.1. The minimum atomic E-state index is -0.404. The van der Waals surface area contributed by atoms with E-state index in [4.69, 9.17) is 4.84 Å². The highest BCUT2D eigenvalue weighted by Crippen LogP contribution is 2.15. The van der Waals surface area contributed by atoms with Crippen LogP contribution in [0.3, 0.4) is 0 Å². The molecule has 6 nitrogen and oxygen atoms in total. The molecule has 6 heteroatoms. The average Bonchev–Trinajstić information content (AvgIpc) is 2.46. The van der Waals surface area contributed by atoms with Crippen LogP contribution in [0.25, 0.3) is 0 Å². The second-order valence-electron chi connectivity index (χ2n) is 6.30. The lowest BCUT2D eigenvalue weighted by Gasteiger charge is -2.30. The van der Waals surface area contributed by atoms with Gasteiger partial charge in [0.05, 0.1) is 0 Å². The summed E-state index contributed by atoms with van der Waals surface area (Å²) in [6.45, 7) is 11.5. The van der Waals surface area contributed by atoms with Crippen molar-refractivity contribution >= 4 is 23.7 Å². The average molecular weight is 333 g/mol. The molecule has 1 rings (SSSR count). The van der Waals surface area contributed by atoms with E-state index in [2.05, 4.69) is 10.5 Å². The molecule has 1 aromatic rings. The first-order valence-corrected chi connectivity index (χ1v) is 8.07. The van der Waals surface area contributed by atoms with Gasteiger partial charge in [-0.25, -0.2) is 0 Å². The van der Waals surface area contributed by atoms with Crippen molar-refractivity contribution in [3.63, 3.8) is 0 Å². The Morgan fingerprint density at radius 1 is 1.21 bits per heavy atom. The van der Waals surface area contributed by atoms with E-state index in [1.165, 1.54) is 0 Å². The van der Waals surface area contributed by atoms with Crippen LogP contribution >= 0.6 is 0 Å². The molecule has 2 amide bonds. The van der Waals surface area contributed by atoms with Gasteiger partial charge in [0.2, 0.25) is 0 Å². The van der Waals surface area contributed by atoms with Gasteiger partial charge < -0.3 is 15.1 Å². The zero-order chi connectivity index (χ0) is 18.3. The van der Waals surface area contributed by atoms with Gasteiger partial charge in [0, 0.05) is 17.8 Å². The van der Waals surface area contributed by atoms with Gasteiger partial charge in [-0.15, -0.1) is 0 Å². The Bertz CT molecular complexity index is 602. The Labute approximate surface area is 143 Å². The van der Waals surface area contributed by atoms with Gasteiger partial charge >= 0.3 is 0 Å². The maximum atomic E-state index is 12.1. The summed E-state index contributed by atoms with van der Waals surface area (Å²) in [5.74, 6) is -0.564. The summed E-state index contributed by atoms with van der Waals surface area (Å²) < 4.78 is 0. The lowest BCUT2D eigenvalue weighted by Crippen LogP contribution is -2.43. The highest BCUT2D eigenvalue weighted by molar-refractivity contribution is 6.31. The molecule has 1 N–H and O–H groups in total. The van der Waals surface area contributed by atoms with E-state index in [0.717, 1.165) is 23.0 Å². The zero-order valence-corrected chi connectivity index (χ0v) is 15.3. The summed E-state index contributed by atoms with van der Waals surface area (Å²) in [6.07, 6.45) is 1.03. The van der Waals surface area contributed by atoms with Crippen LogP contribution in [0.1, 0.15) is 38.8 Å². The molecule has 0 aliphatic rings. The number of amides is 2. The van der Waals surface area contributed by atoms with Crippen molar-refractivity contribution in [3.05, 3.63) is 29.3 Å². The number of hydrogen-bond acceptors (Lipinski definition) is 4. The molecule has 0 aromatic heterocycles. The Morgan fingerprint density at radius 3 is 2.38 bits per heavy atom. The molecular weight excluding hydrogens is 306 g/mol. The fraction of sp³-hybridized carbons (Fsp3) is 0.500. The minimum absolute atomic E-state index is 0.0814. The van der Waals surface area contributed by atoms with E-state index in [1.54, 1.807) is 4.90 Å². The number of rotatable bonds is 7. The number of hydrogen-bond donors (Lipinski definition) is 1. The Hall–Kier alpha value is -2.37. The van der Waals surface area contributed by atoms with Crippen LogP contribution in [0, 0.1) is 13.8 Å². The second kappa shape index (κ2) is 9.05. The largest absolute Gasteiger partial charge is 0.386 e. The number of oxime groups is 1. The quantitative estimate of drug-likeness (QED) is 0.616. The third-order valence-electron chi connectivity index (χ3n) is 3.47. The van der Waals surface area contributed by atoms with Crippen molar-refractivity contribution in [2.45, 2.75) is 53.6 Å². The molecule has 132 valence electrons. The van der Waals surface area contributed by atoms with Crippen LogP contribution in [0.4, 0.5) is 5.69 Å². The van der Waals surface area contributed by atoms with Gasteiger partial charge in [0.1, 0.15) is 6.21 Å². The zero-order valence-electron chi connectivity index (χ0n) is 15.3. The normalized spacial score (nSPS) is 11.2. The van der Waals surface area contributed by atoms with Gasteiger partial charge in [-0.3, -0.25) is 9.59 Å². The molecule has 0 saturated carbocycles. The third-order valence-corrected chi connectivity index (χ3v) is 3.47. The number of carbonyl (C=O) groups is 2. The third kappa shape index (κ3) is 6.02. The molecule has 0 spiro atoms. The smallest absolute Gasteiger partial charge is 0.270 e. The predicted octanol–water partition coefficient (Wildman–Crippen LogP) is 2.89. The van der Waals surface area contributed by atoms with Crippen LogP contribution in [-0.4, -0.2) is 41.6 Å². The minimum Gasteiger partial charge on any atom is -0.386 e. The van der Waals surface area contributed by atoms with E-state index >= 15 is 0 Å². The fourth-order valence-electron chi connectivity index (χ4n) is 2.54. The van der Waals surface area contributed by atoms with Crippen molar-refractivity contribution in [1.29, 1.82) is 0 Å². The van der Waals surface area contributed by atoms with Crippen LogP contribution in [0.2, 0.25) is 0 Å². The number of carbonyl (C=O) groups excluding carboxylic acids is 2. The highest BCUT2D eigenvalue weighted by Gasteiger charge is 2.20. The van der Waals surface area contributed by atoms with Crippen molar-refractivity contribution in [1.82, 2.24) is 4.90 Å². The summed E-state index contributed by atoms with van der Waals surface area (Å²) in [6, 6.07) is 5.90. The van der Waals surface area contributed by atoms with Crippen LogP contribution in [-0.2, 0) is 14.4 Å². The summed E-state index contributed by atoms with van der Waals surface area (Å²) in [5.41, 5.74) is 2.82. The van der Waals surface area contributed by atoms with Gasteiger partial charge in [-0.1, -0.05) is 22.9 Å². The SMILES string of the molecule is Cc1ccc(NC(=O)/C=N\OCC(=O)N(C(C)C)C(C)C)c(C)c1. The fourth-order valence-corrected chi connectivity index (χ4v) is 2.54. The number of benzene rings is 1. The standard InChI is InChI=1S/C18H27N3O3/c1-12(2)21(13(3)4)18(23)11-24-19-10-17(22)20-16-8-7-14(5)9-15(16)6/h7-10,12-13H,11H2,1-6H3,(H,20,22)/b19-10-. The molecule has 0 bridgehead atoms. The van der Waals surface area contributed by atoms with Crippen molar-refractivity contribution in [2.75, 3.05) is 11.9 Å². The summed E-state index contributed by atoms with van der Waals surface area (Å²) >= 11 is 0. The first kappa shape index (κ1) is 19.7. The number of aryl methyl sites for hydroxylation is 2. The molecule has 0 aliphatic carbocycles. The summed E-state index contributed by atoms with van der Waals surface area (Å²) in [5, 5.41) is 6.29. The van der Waals surface area contributed by atoms with E-state index < -0.39 is 5.91 Å². The Morgan fingerprint density at radius 2 is 1.83 bits per heavy atom. The molecule has 0 heterocycles. The second-order valence-corrected chi connectivity index (χ2v) is 6.30. The maximum Gasteiger partial charge on any atom is 0.270 e. The molecule has 0 aliphatic heterocycles. The van der Waals surface area contributed by atoms with E-state index in [1.807, 2.05) is 59.7 Å². The van der Waals surface area contributed by atoms with Crippen molar-refractivity contribution in [3.8, 4) is 0 Å². The van der Waals surface area contributed by atoms with Crippen molar-refractivity contribution in [2.24, 2.45) is 5.16 Å². The van der Waals surface area contributed by atoms with E-state index in [-0.39, 0.29) is 24.6 Å². The molecule has 24 heavy (non-hydrogen) atoms. The van der Waals surface area contributed by atoms with Gasteiger partial charge in [0.25, 0.3) is 11.8 Å².